The van der Waals surface area contributed by atoms with Crippen LogP contribution in [0.4, 0.5) is 0 Å². The summed E-state index contributed by atoms with van der Waals surface area (Å²) in [6, 6.07) is 50.7. The average molecular weight is 695 g/mol. The van der Waals surface area contributed by atoms with Gasteiger partial charge in [0.25, 0.3) is 0 Å². The van der Waals surface area contributed by atoms with Crippen LogP contribution in [0.25, 0.3) is 11.1 Å². The highest BCUT2D eigenvalue weighted by Crippen LogP contribution is 2.56. The van der Waals surface area contributed by atoms with Gasteiger partial charge in [0.1, 0.15) is 55.2 Å². The Bertz CT molecular complexity index is 1960. The predicted molar refractivity (Wildman–Crippen MR) is 202 cm³/mol. The molecule has 1 aliphatic rings. The fourth-order valence-corrected chi connectivity index (χ4v) is 6.79. The lowest BCUT2D eigenvalue weighted by Gasteiger charge is -2.34. The largest absolute Gasteiger partial charge is 0.508 e. The van der Waals surface area contributed by atoms with Crippen molar-refractivity contribution >= 4 is 0 Å². The molecular formula is C45H42O7. The summed E-state index contributed by atoms with van der Waals surface area (Å²) in [4.78, 5) is 0. The van der Waals surface area contributed by atoms with Crippen LogP contribution in [0.5, 0.6) is 28.7 Å². The lowest BCUT2D eigenvalue weighted by molar-refractivity contribution is 0.0764. The maximum absolute atomic E-state index is 9.58. The summed E-state index contributed by atoms with van der Waals surface area (Å²) in [5.74, 6) is 3.18. The summed E-state index contributed by atoms with van der Waals surface area (Å²) in [6.45, 7) is 3.55. The smallest absolute Gasteiger partial charge is 0.123 e. The Kier molecular flexibility index (Phi) is 11.3. The molecule has 0 fully saturated rings. The molecule has 0 amide bonds. The van der Waals surface area contributed by atoms with E-state index >= 15 is 0 Å². The standard InChI is InChI=1S/C45H42O7/c46-36-9-8-12-40(33-36)52-32-28-48-27-31-51-39-23-19-35(20-24-39)45(43-15-6-4-13-41(43)42-14-5-7-16-44(42)45)34-17-21-38(22-18-34)50-30-26-47-25-29-49-37-10-2-1-3-11-37/h1-24,33,46H,25-32H2. The van der Waals surface area contributed by atoms with Gasteiger partial charge in [-0.15, -0.1) is 0 Å². The first kappa shape index (κ1) is 34.7. The Hall–Kier alpha value is -5.76. The molecule has 0 aliphatic heterocycles. The van der Waals surface area contributed by atoms with Gasteiger partial charge in [0.2, 0.25) is 0 Å². The van der Waals surface area contributed by atoms with E-state index in [4.69, 9.17) is 28.4 Å². The van der Waals surface area contributed by atoms with E-state index in [1.165, 1.54) is 22.3 Å². The van der Waals surface area contributed by atoms with Crippen molar-refractivity contribution in [3.05, 3.63) is 174 Å². The van der Waals surface area contributed by atoms with E-state index in [-0.39, 0.29) is 5.75 Å². The Labute approximate surface area is 304 Å². The van der Waals surface area contributed by atoms with Gasteiger partial charge in [0, 0.05) is 6.07 Å². The molecule has 7 nitrogen and oxygen atoms in total. The van der Waals surface area contributed by atoms with Gasteiger partial charge in [-0.1, -0.05) is 97.1 Å². The van der Waals surface area contributed by atoms with Crippen LogP contribution in [0.1, 0.15) is 22.3 Å². The lowest BCUT2D eigenvalue weighted by atomic mass is 9.68. The first-order valence-electron chi connectivity index (χ1n) is 17.6. The van der Waals surface area contributed by atoms with Crippen LogP contribution in [-0.2, 0) is 14.9 Å². The number of benzene rings is 6. The Balaban J connectivity index is 0.996. The molecule has 1 aliphatic carbocycles. The van der Waals surface area contributed by atoms with Crippen molar-refractivity contribution in [1.29, 1.82) is 0 Å². The highest BCUT2D eigenvalue weighted by atomic mass is 16.5. The minimum Gasteiger partial charge on any atom is -0.508 e. The second kappa shape index (κ2) is 17.0. The molecule has 264 valence electrons. The van der Waals surface area contributed by atoms with Gasteiger partial charge in [0.05, 0.1) is 31.8 Å². The molecule has 6 aromatic carbocycles. The molecule has 7 rings (SSSR count). The zero-order chi connectivity index (χ0) is 35.4. The molecule has 6 aromatic rings. The van der Waals surface area contributed by atoms with Gasteiger partial charge < -0.3 is 33.5 Å². The third kappa shape index (κ3) is 7.91. The zero-order valence-electron chi connectivity index (χ0n) is 29.0. The van der Waals surface area contributed by atoms with Crippen LogP contribution >= 0.6 is 0 Å². The van der Waals surface area contributed by atoms with E-state index in [9.17, 15) is 5.11 Å². The number of phenolic OH excluding ortho intramolecular Hbond substituents is 1. The van der Waals surface area contributed by atoms with Crippen LogP contribution < -0.4 is 18.9 Å². The van der Waals surface area contributed by atoms with Crippen LogP contribution in [0.15, 0.2) is 152 Å². The van der Waals surface area contributed by atoms with Gasteiger partial charge in [-0.2, -0.15) is 0 Å². The Morgan fingerprint density at radius 1 is 0.365 bits per heavy atom. The summed E-state index contributed by atoms with van der Waals surface area (Å²) in [6.07, 6.45) is 0. The van der Waals surface area contributed by atoms with E-state index in [1.54, 1.807) is 24.3 Å². The number of fused-ring (bicyclic) bond motifs is 3. The minimum absolute atomic E-state index is 0.174. The molecule has 0 saturated heterocycles. The summed E-state index contributed by atoms with van der Waals surface area (Å²) in [5.41, 5.74) is 6.73. The highest BCUT2D eigenvalue weighted by molar-refractivity contribution is 5.86. The number of rotatable bonds is 18. The molecule has 1 N–H and O–H groups in total. The summed E-state index contributed by atoms with van der Waals surface area (Å²) in [7, 11) is 0. The molecule has 0 aromatic heterocycles. The second-order valence-electron chi connectivity index (χ2n) is 12.3. The Morgan fingerprint density at radius 2 is 0.769 bits per heavy atom. The van der Waals surface area contributed by atoms with E-state index in [0.29, 0.717) is 58.6 Å². The van der Waals surface area contributed by atoms with Crippen molar-refractivity contribution < 1.29 is 33.5 Å². The monoisotopic (exact) mass is 694 g/mol. The van der Waals surface area contributed by atoms with Gasteiger partial charge >= 0.3 is 0 Å². The molecule has 0 saturated carbocycles. The number of hydrogen-bond donors (Lipinski definition) is 1. The maximum atomic E-state index is 9.58. The van der Waals surface area contributed by atoms with Gasteiger partial charge in [-0.3, -0.25) is 0 Å². The maximum Gasteiger partial charge on any atom is 0.123 e. The number of aromatic hydroxyl groups is 1. The first-order valence-corrected chi connectivity index (χ1v) is 17.6. The molecule has 0 spiro atoms. The molecule has 0 atom stereocenters. The van der Waals surface area contributed by atoms with Gasteiger partial charge in [-0.25, -0.2) is 0 Å². The molecular weight excluding hydrogens is 652 g/mol. The molecule has 7 heteroatoms. The third-order valence-electron chi connectivity index (χ3n) is 9.07. The van der Waals surface area contributed by atoms with Crippen molar-refractivity contribution in [2.75, 3.05) is 52.9 Å². The third-order valence-corrected chi connectivity index (χ3v) is 9.07. The molecule has 0 unspecified atom stereocenters. The van der Waals surface area contributed by atoms with Crippen molar-refractivity contribution in [3.63, 3.8) is 0 Å². The van der Waals surface area contributed by atoms with Crippen molar-refractivity contribution in [3.8, 4) is 39.9 Å². The normalized spacial score (nSPS) is 12.5. The van der Waals surface area contributed by atoms with E-state index in [0.717, 1.165) is 28.4 Å². The number of para-hydroxylation sites is 1. The van der Waals surface area contributed by atoms with Crippen LogP contribution in [0, 0.1) is 0 Å². The summed E-state index contributed by atoms with van der Waals surface area (Å²) >= 11 is 0. The van der Waals surface area contributed by atoms with Crippen molar-refractivity contribution in [2.45, 2.75) is 5.41 Å². The molecule has 0 heterocycles. The van der Waals surface area contributed by atoms with Crippen LogP contribution in [-0.4, -0.2) is 58.0 Å². The summed E-state index contributed by atoms with van der Waals surface area (Å²) in [5, 5.41) is 9.58. The predicted octanol–water partition coefficient (Wildman–Crippen LogP) is 8.70. The van der Waals surface area contributed by atoms with Crippen molar-refractivity contribution in [1.82, 2.24) is 0 Å². The summed E-state index contributed by atoms with van der Waals surface area (Å²) < 4.78 is 34.9. The fourth-order valence-electron chi connectivity index (χ4n) is 6.79. The average Bonchev–Trinajstić information content (AvgIpc) is 3.49. The first-order chi connectivity index (χ1) is 25.7. The van der Waals surface area contributed by atoms with E-state index in [1.807, 2.05) is 54.6 Å². The number of hydrogen-bond acceptors (Lipinski definition) is 7. The second-order valence-corrected chi connectivity index (χ2v) is 12.3. The fraction of sp³-hybridized carbons (Fsp3) is 0.200. The van der Waals surface area contributed by atoms with Crippen LogP contribution in [0.3, 0.4) is 0 Å². The lowest BCUT2D eigenvalue weighted by Crippen LogP contribution is -2.28. The van der Waals surface area contributed by atoms with E-state index < -0.39 is 5.41 Å². The van der Waals surface area contributed by atoms with E-state index in [2.05, 4.69) is 72.8 Å². The Morgan fingerprint density at radius 3 is 1.25 bits per heavy atom. The topological polar surface area (TPSA) is 75.6 Å². The van der Waals surface area contributed by atoms with Gasteiger partial charge in [0.15, 0.2) is 0 Å². The number of ether oxygens (including phenoxy) is 6. The van der Waals surface area contributed by atoms with Crippen LogP contribution in [0.2, 0.25) is 0 Å². The minimum atomic E-state index is -0.523. The molecule has 0 bridgehead atoms. The molecule has 0 radical (unpaired) electrons. The number of phenols is 1. The highest BCUT2D eigenvalue weighted by Gasteiger charge is 2.45. The molecule has 52 heavy (non-hydrogen) atoms. The zero-order valence-corrected chi connectivity index (χ0v) is 29.0. The van der Waals surface area contributed by atoms with Gasteiger partial charge in [-0.05, 0) is 81.9 Å². The van der Waals surface area contributed by atoms with Crippen molar-refractivity contribution in [2.24, 2.45) is 0 Å². The quantitative estimate of drug-likeness (QED) is 0.0901. The SMILES string of the molecule is Oc1cccc(OCCOCCOc2ccc(C3(c4ccc(OCCOCCOc5ccccc5)cc4)c4ccccc4-c4ccccc43)cc2)c1.